The lowest BCUT2D eigenvalue weighted by molar-refractivity contribution is -0.136. The molecule has 2 amide bonds. The van der Waals surface area contributed by atoms with E-state index >= 15 is 0 Å². The summed E-state index contributed by atoms with van der Waals surface area (Å²) in [6.45, 7) is 0.0528. The van der Waals surface area contributed by atoms with Crippen molar-refractivity contribution in [1.29, 1.82) is 0 Å². The van der Waals surface area contributed by atoms with Crippen molar-refractivity contribution in [2.75, 3.05) is 6.54 Å². The molecule has 1 aliphatic rings. The average molecular weight is 258 g/mol. The standard InChI is InChI=1S/C13H10N2O4/c16-11(9-1-3-10(14-19)4-2-9)7-8-15-12(17)5-6-13(15)18/h1-6H,7-8H2. The molecule has 0 fully saturated rings. The first kappa shape index (κ1) is 12.8. The van der Waals surface area contributed by atoms with Crippen molar-refractivity contribution in [3.63, 3.8) is 0 Å². The summed E-state index contributed by atoms with van der Waals surface area (Å²) in [6, 6.07) is 5.86. The van der Waals surface area contributed by atoms with Crippen LogP contribution < -0.4 is 0 Å². The number of amides is 2. The van der Waals surface area contributed by atoms with Crippen LogP contribution in [0.4, 0.5) is 5.69 Å². The molecule has 0 spiro atoms. The number of rotatable bonds is 5. The Bertz CT molecular complexity index is 557. The van der Waals surface area contributed by atoms with Gasteiger partial charge < -0.3 is 0 Å². The van der Waals surface area contributed by atoms with Gasteiger partial charge in [-0.3, -0.25) is 19.3 Å². The van der Waals surface area contributed by atoms with Crippen molar-refractivity contribution in [1.82, 2.24) is 4.90 Å². The second-order valence-corrected chi connectivity index (χ2v) is 3.97. The smallest absolute Gasteiger partial charge is 0.253 e. The highest BCUT2D eigenvalue weighted by molar-refractivity contribution is 6.13. The van der Waals surface area contributed by atoms with Crippen LogP contribution in [0.5, 0.6) is 0 Å². The van der Waals surface area contributed by atoms with E-state index in [1.165, 1.54) is 36.4 Å². The maximum atomic E-state index is 11.8. The van der Waals surface area contributed by atoms with Crippen LogP contribution in [0.1, 0.15) is 16.8 Å². The van der Waals surface area contributed by atoms with Crippen molar-refractivity contribution < 1.29 is 14.4 Å². The molecular formula is C13H10N2O4. The molecule has 2 rings (SSSR count). The SMILES string of the molecule is O=Nc1ccc(C(=O)CCN2C(=O)C=CC2=O)cc1. The number of imide groups is 1. The van der Waals surface area contributed by atoms with E-state index in [2.05, 4.69) is 5.18 Å². The summed E-state index contributed by atoms with van der Waals surface area (Å²) in [5.41, 5.74) is 0.658. The molecule has 0 unspecified atom stereocenters. The molecule has 0 saturated heterocycles. The van der Waals surface area contributed by atoms with Crippen molar-refractivity contribution in [3.05, 3.63) is 46.9 Å². The summed E-state index contributed by atoms with van der Waals surface area (Å²) >= 11 is 0. The number of hydrogen-bond acceptors (Lipinski definition) is 5. The molecule has 0 aromatic heterocycles. The van der Waals surface area contributed by atoms with E-state index < -0.39 is 11.8 Å². The second-order valence-electron chi connectivity index (χ2n) is 3.97. The van der Waals surface area contributed by atoms with Gasteiger partial charge in [0.15, 0.2) is 5.78 Å². The van der Waals surface area contributed by atoms with E-state index in [4.69, 9.17) is 0 Å². The highest BCUT2D eigenvalue weighted by Crippen LogP contribution is 2.14. The Balaban J connectivity index is 1.95. The lowest BCUT2D eigenvalue weighted by Crippen LogP contribution is -2.32. The third-order valence-corrected chi connectivity index (χ3v) is 2.76. The fourth-order valence-corrected chi connectivity index (χ4v) is 1.72. The molecule has 1 aromatic rings. The molecule has 1 aliphatic heterocycles. The molecule has 6 nitrogen and oxygen atoms in total. The molecule has 1 heterocycles. The van der Waals surface area contributed by atoms with Crippen LogP contribution >= 0.6 is 0 Å². The van der Waals surface area contributed by atoms with Gasteiger partial charge in [-0.05, 0) is 29.4 Å². The van der Waals surface area contributed by atoms with Gasteiger partial charge in [-0.15, -0.1) is 4.91 Å². The number of nitrogens with zero attached hydrogens (tertiary/aromatic N) is 2. The molecule has 0 radical (unpaired) electrons. The lowest BCUT2D eigenvalue weighted by atomic mass is 10.1. The van der Waals surface area contributed by atoms with Crippen LogP contribution in [0, 0.1) is 4.91 Å². The molecular weight excluding hydrogens is 248 g/mol. The number of carbonyl (C=O) groups is 3. The summed E-state index contributed by atoms with van der Waals surface area (Å²) in [7, 11) is 0. The first-order valence-corrected chi connectivity index (χ1v) is 5.62. The van der Waals surface area contributed by atoms with Crippen LogP contribution in [-0.2, 0) is 9.59 Å². The molecule has 1 aromatic carbocycles. The topological polar surface area (TPSA) is 83.9 Å². The van der Waals surface area contributed by atoms with Gasteiger partial charge in [-0.2, -0.15) is 0 Å². The van der Waals surface area contributed by atoms with Gasteiger partial charge in [0.25, 0.3) is 11.8 Å². The number of carbonyl (C=O) groups excluding carboxylic acids is 3. The first-order chi connectivity index (χ1) is 9.11. The number of hydrogen-bond donors (Lipinski definition) is 0. The monoisotopic (exact) mass is 258 g/mol. The fraction of sp³-hybridized carbons (Fsp3) is 0.154. The molecule has 96 valence electrons. The zero-order valence-electron chi connectivity index (χ0n) is 9.91. The Morgan fingerprint density at radius 1 is 1.05 bits per heavy atom. The highest BCUT2D eigenvalue weighted by Gasteiger charge is 2.23. The third kappa shape index (κ3) is 2.79. The summed E-state index contributed by atoms with van der Waals surface area (Å²) in [4.78, 5) is 45.6. The van der Waals surface area contributed by atoms with Crippen molar-refractivity contribution in [2.45, 2.75) is 6.42 Å². The van der Waals surface area contributed by atoms with E-state index in [0.717, 1.165) is 4.90 Å². The van der Waals surface area contributed by atoms with E-state index in [1.807, 2.05) is 0 Å². The molecule has 0 bridgehead atoms. The number of benzene rings is 1. The largest absolute Gasteiger partial charge is 0.294 e. The van der Waals surface area contributed by atoms with E-state index in [1.54, 1.807) is 0 Å². The van der Waals surface area contributed by atoms with Gasteiger partial charge in [-0.25, -0.2) is 0 Å². The number of Topliss-reactive ketones (excluding diaryl/α,β-unsaturated/α-hetero) is 1. The normalized spacial score (nSPS) is 14.0. The fourth-order valence-electron chi connectivity index (χ4n) is 1.72. The summed E-state index contributed by atoms with van der Waals surface area (Å²) in [5.74, 6) is -1.01. The molecule has 0 aliphatic carbocycles. The zero-order chi connectivity index (χ0) is 13.8. The lowest BCUT2D eigenvalue weighted by Gasteiger charge is -2.12. The highest BCUT2D eigenvalue weighted by atomic mass is 16.3. The van der Waals surface area contributed by atoms with Crippen molar-refractivity contribution >= 4 is 23.3 Å². The average Bonchev–Trinajstić information content (AvgIpc) is 2.75. The summed E-state index contributed by atoms with van der Waals surface area (Å²) in [5, 5.41) is 2.73. The molecule has 19 heavy (non-hydrogen) atoms. The molecule has 0 saturated carbocycles. The van der Waals surface area contributed by atoms with Crippen LogP contribution in [0.3, 0.4) is 0 Å². The molecule has 0 atom stereocenters. The van der Waals surface area contributed by atoms with Gasteiger partial charge >= 0.3 is 0 Å². The summed E-state index contributed by atoms with van der Waals surface area (Å²) in [6.07, 6.45) is 2.40. The molecule has 0 N–H and O–H groups in total. The van der Waals surface area contributed by atoms with E-state index in [-0.39, 0.29) is 24.4 Å². The molecule has 6 heteroatoms. The van der Waals surface area contributed by atoms with Crippen LogP contribution in [0.15, 0.2) is 41.6 Å². The first-order valence-electron chi connectivity index (χ1n) is 5.62. The van der Waals surface area contributed by atoms with E-state index in [0.29, 0.717) is 5.56 Å². The summed E-state index contributed by atoms with van der Waals surface area (Å²) < 4.78 is 0. The van der Waals surface area contributed by atoms with Crippen molar-refractivity contribution in [2.24, 2.45) is 5.18 Å². The Labute approximate surface area is 108 Å². The third-order valence-electron chi connectivity index (χ3n) is 2.76. The van der Waals surface area contributed by atoms with Gasteiger partial charge in [0.2, 0.25) is 0 Å². The van der Waals surface area contributed by atoms with Crippen LogP contribution in [0.2, 0.25) is 0 Å². The van der Waals surface area contributed by atoms with Crippen LogP contribution in [-0.4, -0.2) is 29.0 Å². The Hall–Kier alpha value is -2.63. The predicted octanol–water partition coefficient (Wildman–Crippen LogP) is 1.58. The van der Waals surface area contributed by atoms with Gasteiger partial charge in [-0.1, -0.05) is 0 Å². The van der Waals surface area contributed by atoms with Crippen LogP contribution in [0.25, 0.3) is 0 Å². The van der Waals surface area contributed by atoms with Crippen molar-refractivity contribution in [3.8, 4) is 0 Å². The Morgan fingerprint density at radius 3 is 2.16 bits per heavy atom. The van der Waals surface area contributed by atoms with Gasteiger partial charge in [0.05, 0.1) is 0 Å². The minimum atomic E-state index is -0.404. The Kier molecular flexibility index (Phi) is 3.61. The maximum Gasteiger partial charge on any atom is 0.253 e. The maximum absolute atomic E-state index is 11.8. The minimum absolute atomic E-state index is 0.0486. The quantitative estimate of drug-likeness (QED) is 0.456. The Morgan fingerprint density at radius 2 is 1.63 bits per heavy atom. The van der Waals surface area contributed by atoms with Gasteiger partial charge in [0, 0.05) is 30.7 Å². The van der Waals surface area contributed by atoms with E-state index in [9.17, 15) is 19.3 Å². The number of ketones is 1. The predicted molar refractivity (Wildman–Crippen MR) is 66.7 cm³/mol. The minimum Gasteiger partial charge on any atom is -0.294 e. The zero-order valence-corrected chi connectivity index (χ0v) is 9.91. The van der Waals surface area contributed by atoms with Gasteiger partial charge in [0.1, 0.15) is 5.69 Å². The second kappa shape index (κ2) is 5.34. The number of nitroso groups, excluding NO2 is 1.